The first-order valence-electron chi connectivity index (χ1n) is 7.19. The molecule has 0 radical (unpaired) electrons. The molecule has 0 amide bonds. The van der Waals surface area contributed by atoms with Gasteiger partial charge in [0.1, 0.15) is 10.1 Å². The Balaban J connectivity index is 0.000000257. The molecule has 2 N–H and O–H groups in total. The number of rotatable bonds is 5. The maximum absolute atomic E-state index is 10.9. The summed E-state index contributed by atoms with van der Waals surface area (Å²) in [6.45, 7) is 1.36. The van der Waals surface area contributed by atoms with Crippen molar-refractivity contribution in [2.24, 2.45) is 0 Å². The molecule has 0 aliphatic carbocycles. The van der Waals surface area contributed by atoms with E-state index in [1.807, 2.05) is 18.2 Å². The van der Waals surface area contributed by atoms with Gasteiger partial charge in [0.15, 0.2) is 5.12 Å². The van der Waals surface area contributed by atoms with Crippen molar-refractivity contribution in [1.29, 1.82) is 0 Å². The van der Waals surface area contributed by atoms with Crippen LogP contribution in [0.4, 0.5) is 0 Å². The molecule has 2 aromatic rings. The van der Waals surface area contributed by atoms with E-state index in [2.05, 4.69) is 15.9 Å². The number of benzene rings is 2. The fourth-order valence-corrected chi connectivity index (χ4v) is 2.85. The van der Waals surface area contributed by atoms with Crippen LogP contribution in [0.2, 0.25) is 0 Å². The Morgan fingerprint density at radius 2 is 1.28 bits per heavy atom. The van der Waals surface area contributed by atoms with E-state index in [1.165, 1.54) is 6.92 Å². The fraction of sp³-hybridized carbons (Fsp3) is 0.167. The van der Waals surface area contributed by atoms with Crippen molar-refractivity contribution < 1.29 is 24.6 Å². The first-order valence-corrected chi connectivity index (χ1v) is 8.99. The van der Waals surface area contributed by atoms with E-state index < -0.39 is 22.0 Å². The number of carbonyl (C=O) groups is 3. The van der Waals surface area contributed by atoms with Crippen LogP contribution in [0.1, 0.15) is 28.1 Å². The van der Waals surface area contributed by atoms with Crippen molar-refractivity contribution in [2.75, 3.05) is 0 Å². The Morgan fingerprint density at radius 3 is 1.64 bits per heavy atom. The minimum Gasteiger partial charge on any atom is -0.480 e. The van der Waals surface area contributed by atoms with E-state index in [9.17, 15) is 14.4 Å². The third-order valence-electron chi connectivity index (χ3n) is 2.92. The van der Waals surface area contributed by atoms with Crippen molar-refractivity contribution >= 4 is 44.7 Å². The van der Waals surface area contributed by atoms with Crippen LogP contribution < -0.4 is 0 Å². The van der Waals surface area contributed by atoms with E-state index >= 15 is 0 Å². The molecule has 0 saturated carbocycles. The summed E-state index contributed by atoms with van der Waals surface area (Å²) in [6.07, 6.45) is 0. The average Bonchev–Trinajstić information content (AvgIpc) is 2.60. The normalized spacial score (nSPS) is 12.2. The molecule has 0 bridgehead atoms. The second-order valence-electron chi connectivity index (χ2n) is 4.85. The Labute approximate surface area is 158 Å². The van der Waals surface area contributed by atoms with Gasteiger partial charge in [-0.15, -0.1) is 0 Å². The van der Waals surface area contributed by atoms with E-state index in [0.717, 1.165) is 17.3 Å². The molecule has 0 spiro atoms. The molecule has 7 heteroatoms. The number of hydrogen-bond donors (Lipinski definition) is 2. The molecule has 5 nitrogen and oxygen atoms in total. The van der Waals surface area contributed by atoms with Crippen molar-refractivity contribution in [3.8, 4) is 0 Å². The monoisotopic (exact) mass is 424 g/mol. The fourth-order valence-electron chi connectivity index (χ4n) is 1.82. The van der Waals surface area contributed by atoms with Crippen molar-refractivity contribution in [3.05, 3.63) is 71.8 Å². The summed E-state index contributed by atoms with van der Waals surface area (Å²) in [5.41, 5.74) is 1.40. The number of carboxylic acid groups (broad SMARTS) is 2. The van der Waals surface area contributed by atoms with Crippen LogP contribution >= 0.6 is 27.7 Å². The highest BCUT2D eigenvalue weighted by molar-refractivity contribution is 9.09. The van der Waals surface area contributed by atoms with E-state index in [4.69, 9.17) is 10.2 Å². The summed E-state index contributed by atoms with van der Waals surface area (Å²) >= 11 is 3.87. The van der Waals surface area contributed by atoms with Gasteiger partial charge in [0.2, 0.25) is 0 Å². The molecule has 2 aromatic carbocycles. The Bertz CT molecular complexity index is 706. The number of carbonyl (C=O) groups excluding carboxylic acids is 1. The lowest BCUT2D eigenvalue weighted by molar-refractivity contribution is -0.137. The van der Waals surface area contributed by atoms with Crippen molar-refractivity contribution in [3.63, 3.8) is 0 Å². The molecule has 2 rings (SSSR count). The Kier molecular flexibility index (Phi) is 8.94. The third-order valence-corrected chi connectivity index (χ3v) is 4.88. The van der Waals surface area contributed by atoms with Gasteiger partial charge < -0.3 is 10.2 Å². The second kappa shape index (κ2) is 10.7. The summed E-state index contributed by atoms with van der Waals surface area (Å²) in [5.74, 6) is -1.85. The molecule has 0 aliphatic heterocycles. The van der Waals surface area contributed by atoms with E-state index in [1.54, 1.807) is 42.5 Å². The lowest BCUT2D eigenvalue weighted by atomic mass is 10.1. The largest absolute Gasteiger partial charge is 0.480 e. The van der Waals surface area contributed by atoms with Gasteiger partial charge in [-0.25, -0.2) is 0 Å². The highest BCUT2D eigenvalue weighted by Crippen LogP contribution is 2.29. The Hall–Kier alpha value is -2.12. The number of aliphatic carboxylic acids is 2. The van der Waals surface area contributed by atoms with Crippen LogP contribution in [0.15, 0.2) is 60.7 Å². The zero-order chi connectivity index (χ0) is 18.8. The molecule has 0 fully saturated rings. The first kappa shape index (κ1) is 20.9. The predicted molar refractivity (Wildman–Crippen MR) is 101 cm³/mol. The van der Waals surface area contributed by atoms with E-state index in [-0.39, 0.29) is 5.12 Å². The van der Waals surface area contributed by atoms with Gasteiger partial charge >= 0.3 is 11.9 Å². The highest BCUT2D eigenvalue weighted by atomic mass is 79.9. The van der Waals surface area contributed by atoms with Gasteiger partial charge in [-0.2, -0.15) is 0 Å². The number of thioether (sulfide) groups is 1. The molecular weight excluding hydrogens is 408 g/mol. The van der Waals surface area contributed by atoms with Crippen LogP contribution in [0.5, 0.6) is 0 Å². The molecule has 0 aliphatic rings. The molecular formula is C18H17BrO5S. The van der Waals surface area contributed by atoms with Gasteiger partial charge in [-0.3, -0.25) is 14.4 Å². The number of hydrogen-bond acceptors (Lipinski definition) is 4. The zero-order valence-corrected chi connectivity index (χ0v) is 15.7. The molecule has 25 heavy (non-hydrogen) atoms. The van der Waals surface area contributed by atoms with Crippen LogP contribution in [-0.2, 0) is 14.4 Å². The van der Waals surface area contributed by atoms with E-state index in [0.29, 0.717) is 5.56 Å². The summed E-state index contributed by atoms with van der Waals surface area (Å²) < 4.78 is 0. The van der Waals surface area contributed by atoms with Crippen molar-refractivity contribution in [2.45, 2.75) is 17.0 Å². The summed E-state index contributed by atoms with van der Waals surface area (Å²) in [7, 11) is 0. The number of alkyl halides is 1. The van der Waals surface area contributed by atoms with Crippen LogP contribution in [0.25, 0.3) is 0 Å². The average molecular weight is 425 g/mol. The minimum atomic E-state index is -0.989. The van der Waals surface area contributed by atoms with Gasteiger partial charge in [0.05, 0.1) is 0 Å². The minimum absolute atomic E-state index is 0.193. The molecule has 0 saturated heterocycles. The summed E-state index contributed by atoms with van der Waals surface area (Å²) in [5, 5.41) is 16.5. The van der Waals surface area contributed by atoms with Gasteiger partial charge in [0.25, 0.3) is 0 Å². The SMILES string of the molecule is CC(=O)SC(C(=O)O)c1ccccc1.O=C(O)C(Br)c1ccccc1. The molecule has 0 aromatic heterocycles. The third kappa shape index (κ3) is 7.53. The zero-order valence-electron chi connectivity index (χ0n) is 13.3. The molecule has 0 heterocycles. The van der Waals surface area contributed by atoms with Crippen LogP contribution in [-0.4, -0.2) is 27.3 Å². The lowest BCUT2D eigenvalue weighted by Crippen LogP contribution is -2.09. The maximum Gasteiger partial charge on any atom is 0.321 e. The number of halogens is 1. The Morgan fingerprint density at radius 1 is 0.840 bits per heavy atom. The smallest absolute Gasteiger partial charge is 0.321 e. The molecule has 2 unspecified atom stereocenters. The van der Waals surface area contributed by atoms with Crippen LogP contribution in [0.3, 0.4) is 0 Å². The summed E-state index contributed by atoms with van der Waals surface area (Å²) in [6, 6.07) is 17.7. The molecule has 2 atom stereocenters. The topological polar surface area (TPSA) is 91.7 Å². The summed E-state index contributed by atoms with van der Waals surface area (Å²) in [4.78, 5) is 31.6. The second-order valence-corrected chi connectivity index (χ2v) is 7.05. The first-order chi connectivity index (χ1) is 11.8. The van der Waals surface area contributed by atoms with Gasteiger partial charge in [0, 0.05) is 6.92 Å². The highest BCUT2D eigenvalue weighted by Gasteiger charge is 2.21. The standard InChI is InChI=1S/C10H10O3S.C8H7BrO2/c1-7(11)14-9(10(12)13)8-5-3-2-4-6-8;9-7(8(10)11)6-4-2-1-3-5-6/h2-6,9H,1H3,(H,12,13);1-5,7H,(H,10,11). The number of carboxylic acids is 2. The van der Waals surface area contributed by atoms with Crippen molar-refractivity contribution in [1.82, 2.24) is 0 Å². The predicted octanol–water partition coefficient (Wildman–Crippen LogP) is 4.30. The maximum atomic E-state index is 10.9. The lowest BCUT2D eigenvalue weighted by Gasteiger charge is -2.09. The van der Waals surface area contributed by atoms with Gasteiger partial charge in [-0.1, -0.05) is 88.4 Å². The van der Waals surface area contributed by atoms with Gasteiger partial charge in [-0.05, 0) is 11.1 Å². The van der Waals surface area contributed by atoms with Crippen LogP contribution in [0, 0.1) is 0 Å². The molecule has 132 valence electrons. The quantitative estimate of drug-likeness (QED) is 0.695.